The van der Waals surface area contributed by atoms with Crippen molar-refractivity contribution in [3.8, 4) is 6.19 Å². The van der Waals surface area contributed by atoms with Crippen molar-refractivity contribution in [1.29, 1.82) is 5.26 Å². The molecule has 10 nitrogen and oxygen atoms in total. The second kappa shape index (κ2) is 8.60. The minimum absolute atomic E-state index is 0.0558. The molecule has 0 atom stereocenters. The lowest BCUT2D eigenvalue weighted by atomic mass is 10.2. The van der Waals surface area contributed by atoms with E-state index in [1.807, 2.05) is 0 Å². The first-order chi connectivity index (χ1) is 12.1. The number of aliphatic imine (C=N–C) groups is 1. The van der Waals surface area contributed by atoms with E-state index in [0.717, 1.165) is 0 Å². The quantitative estimate of drug-likeness (QED) is 0.194. The molecule has 2 rings (SSSR count). The van der Waals surface area contributed by atoms with Crippen LogP contribution in [0.1, 0.15) is 11.4 Å². The van der Waals surface area contributed by atoms with Crippen molar-refractivity contribution in [2.24, 2.45) is 10.1 Å². The Hall–Kier alpha value is -3.20. The lowest BCUT2D eigenvalue weighted by Crippen LogP contribution is -2.34. The van der Waals surface area contributed by atoms with Crippen LogP contribution in [0.3, 0.4) is 0 Å². The van der Waals surface area contributed by atoms with Crippen LogP contribution in [0.5, 0.6) is 0 Å². The van der Waals surface area contributed by atoms with Crippen molar-refractivity contribution in [3.05, 3.63) is 39.9 Å². The minimum atomic E-state index is -0.433. The van der Waals surface area contributed by atoms with Crippen LogP contribution >= 0.6 is 15.9 Å². The maximum atomic E-state index is 13.3. The van der Waals surface area contributed by atoms with Gasteiger partial charge in [-0.15, -0.1) is 4.99 Å². The number of halogens is 2. The van der Waals surface area contributed by atoms with E-state index in [9.17, 15) is 9.60 Å². The van der Waals surface area contributed by atoms with E-state index in [1.54, 1.807) is 13.2 Å². The zero-order valence-corrected chi connectivity index (χ0v) is 14.4. The maximum absolute atomic E-state index is 13.3. The van der Waals surface area contributed by atoms with Crippen molar-refractivity contribution >= 4 is 33.4 Å². The molecule has 0 aliphatic carbocycles. The van der Waals surface area contributed by atoms with Crippen LogP contribution in [0.4, 0.5) is 10.1 Å². The first kappa shape index (κ1) is 18.1. The third kappa shape index (κ3) is 4.64. The Morgan fingerprint density at radius 3 is 2.92 bits per heavy atom. The summed E-state index contributed by atoms with van der Waals surface area (Å²) in [5.41, 5.74) is 0.871. The van der Waals surface area contributed by atoms with Crippen LogP contribution in [0, 0.1) is 17.3 Å². The van der Waals surface area contributed by atoms with Crippen molar-refractivity contribution in [3.63, 3.8) is 0 Å². The molecule has 4 N–H and O–H groups in total. The fourth-order valence-electron chi connectivity index (χ4n) is 1.75. The summed E-state index contributed by atoms with van der Waals surface area (Å²) in [7, 11) is 1.58. The highest BCUT2D eigenvalue weighted by Crippen LogP contribution is 2.20. The van der Waals surface area contributed by atoms with Crippen molar-refractivity contribution in [2.45, 2.75) is 6.54 Å². The first-order valence-electron chi connectivity index (χ1n) is 6.73. The molecule has 0 radical (unpaired) electrons. The van der Waals surface area contributed by atoms with Gasteiger partial charge in [-0.2, -0.15) is 5.26 Å². The molecule has 2 aromatic rings. The third-order valence-electron chi connectivity index (χ3n) is 2.89. The fraction of sp³-hybridized carbons (Fsp3) is 0.154. The van der Waals surface area contributed by atoms with E-state index >= 15 is 0 Å². The van der Waals surface area contributed by atoms with Crippen LogP contribution in [0.15, 0.2) is 37.4 Å². The fourth-order valence-corrected chi connectivity index (χ4v) is 2.12. The number of guanidine groups is 1. The van der Waals surface area contributed by atoms with Gasteiger partial charge in [-0.05, 0) is 39.3 Å². The summed E-state index contributed by atoms with van der Waals surface area (Å²) < 4.78 is 18.2. The predicted octanol–water partition coefficient (Wildman–Crippen LogP) is 1.37. The molecule has 0 aliphatic heterocycles. The first-order valence-corrected chi connectivity index (χ1v) is 7.52. The van der Waals surface area contributed by atoms with Gasteiger partial charge in [-0.25, -0.2) is 9.02 Å². The van der Waals surface area contributed by atoms with Crippen LogP contribution in [0.25, 0.3) is 0 Å². The van der Waals surface area contributed by atoms with E-state index in [0.29, 0.717) is 11.4 Å². The van der Waals surface area contributed by atoms with Crippen LogP contribution in [0.2, 0.25) is 0 Å². The highest BCUT2D eigenvalue weighted by Gasteiger charge is 2.18. The van der Waals surface area contributed by atoms with Gasteiger partial charge in [0.1, 0.15) is 11.5 Å². The molecule has 0 bridgehead atoms. The Bertz CT molecular complexity index is 845. The van der Waals surface area contributed by atoms with Gasteiger partial charge in [0.25, 0.3) is 0 Å². The van der Waals surface area contributed by atoms with Crippen LogP contribution < -0.4 is 16.0 Å². The smallest absolute Gasteiger partial charge is 0.209 e. The molecule has 0 fully saturated rings. The molecule has 25 heavy (non-hydrogen) atoms. The van der Waals surface area contributed by atoms with Gasteiger partial charge in [-0.1, -0.05) is 10.3 Å². The Morgan fingerprint density at radius 2 is 2.28 bits per heavy atom. The lowest BCUT2D eigenvalue weighted by molar-refractivity contribution is 0.300. The second-order valence-corrected chi connectivity index (χ2v) is 5.28. The number of rotatable bonds is 4. The number of nitriles is 1. The van der Waals surface area contributed by atoms with E-state index < -0.39 is 5.82 Å². The van der Waals surface area contributed by atoms with E-state index in [1.165, 1.54) is 18.2 Å². The number of amidine groups is 1. The number of hydrogen-bond acceptors (Lipinski definition) is 7. The average Bonchev–Trinajstić information content (AvgIpc) is 3.07. The molecular weight excluding hydrogens is 399 g/mol. The standard InChI is InChI=1S/C13H12BrFN8O2/c1-17-13(19-6-16)18-5-10-11(23-25-22-10)12(21-24)20-7-2-3-9(15)8(14)4-7/h2-4,24H,5H2,1H3,(H,20,21)(H2,17,18,19). The summed E-state index contributed by atoms with van der Waals surface area (Å²) in [4.78, 5) is 3.51. The second-order valence-electron chi connectivity index (χ2n) is 4.43. The summed E-state index contributed by atoms with van der Waals surface area (Å²) in [5.74, 6) is -0.272. The zero-order chi connectivity index (χ0) is 18.2. The third-order valence-corrected chi connectivity index (χ3v) is 3.49. The zero-order valence-electron chi connectivity index (χ0n) is 12.8. The molecule has 1 aromatic carbocycles. The Labute approximate surface area is 149 Å². The Morgan fingerprint density at radius 1 is 1.48 bits per heavy atom. The molecule has 0 amide bonds. The van der Waals surface area contributed by atoms with Crippen molar-refractivity contribution in [2.75, 3.05) is 12.4 Å². The Kier molecular flexibility index (Phi) is 6.24. The van der Waals surface area contributed by atoms with Crippen LogP contribution in [-0.2, 0) is 6.54 Å². The Balaban J connectivity index is 2.17. The van der Waals surface area contributed by atoms with Gasteiger partial charge >= 0.3 is 0 Å². The summed E-state index contributed by atoms with van der Waals surface area (Å²) in [6, 6.07) is 4.16. The van der Waals surface area contributed by atoms with Crippen molar-refractivity contribution < 1.29 is 14.2 Å². The van der Waals surface area contributed by atoms with Gasteiger partial charge in [0.2, 0.25) is 18.0 Å². The monoisotopic (exact) mass is 410 g/mol. The molecule has 130 valence electrons. The molecule has 1 heterocycles. The number of anilines is 1. The molecule has 0 unspecified atom stereocenters. The minimum Gasteiger partial charge on any atom is -0.409 e. The lowest BCUT2D eigenvalue weighted by Gasteiger charge is -2.09. The summed E-state index contributed by atoms with van der Waals surface area (Å²) in [6.45, 7) is 0.0913. The number of oxime groups is 1. The maximum Gasteiger partial charge on any atom is 0.209 e. The normalized spacial score (nSPS) is 11.8. The number of benzene rings is 1. The number of hydrogen-bond donors (Lipinski definition) is 4. The largest absolute Gasteiger partial charge is 0.409 e. The van der Waals surface area contributed by atoms with E-state index in [-0.39, 0.29) is 28.5 Å². The molecule has 0 saturated heterocycles. The average molecular weight is 411 g/mol. The molecule has 0 aliphatic rings. The highest BCUT2D eigenvalue weighted by molar-refractivity contribution is 9.10. The van der Waals surface area contributed by atoms with Gasteiger partial charge < -0.3 is 21.2 Å². The molecular formula is C13H12BrFN8O2. The van der Waals surface area contributed by atoms with Gasteiger partial charge in [0.05, 0.1) is 11.0 Å². The molecule has 0 saturated carbocycles. The van der Waals surface area contributed by atoms with Crippen LogP contribution in [-0.4, -0.2) is 34.4 Å². The summed E-state index contributed by atoms with van der Waals surface area (Å²) in [6.07, 6.45) is 1.63. The van der Waals surface area contributed by atoms with Gasteiger partial charge in [0, 0.05) is 12.7 Å². The number of nitrogens with zero attached hydrogens (tertiary/aromatic N) is 5. The van der Waals surface area contributed by atoms with E-state index in [4.69, 9.17) is 5.26 Å². The molecule has 1 aromatic heterocycles. The molecule has 12 heteroatoms. The van der Waals surface area contributed by atoms with Gasteiger partial charge in [-0.3, -0.25) is 0 Å². The number of aromatic nitrogens is 2. The highest BCUT2D eigenvalue weighted by atomic mass is 79.9. The van der Waals surface area contributed by atoms with Gasteiger partial charge in [0.15, 0.2) is 5.69 Å². The predicted molar refractivity (Wildman–Crippen MR) is 89.3 cm³/mol. The SMILES string of the molecule is CN/C(=N\C#N)NCc1nonc1/C(=N/O)Nc1ccc(F)c(Br)c1. The molecule has 0 spiro atoms. The van der Waals surface area contributed by atoms with E-state index in [2.05, 4.69) is 57.0 Å². The number of nitrogens with one attached hydrogen (secondary N) is 3. The topological polar surface area (TPSA) is 144 Å². The van der Waals surface area contributed by atoms with Crippen molar-refractivity contribution in [1.82, 2.24) is 20.9 Å². The summed E-state index contributed by atoms with van der Waals surface area (Å²) >= 11 is 3.06. The summed E-state index contributed by atoms with van der Waals surface area (Å²) in [5, 5.41) is 36.6.